The molecule has 2 rings (SSSR count). The van der Waals surface area contributed by atoms with Crippen LogP contribution in [0.3, 0.4) is 0 Å². The van der Waals surface area contributed by atoms with Gasteiger partial charge in [0.15, 0.2) is 0 Å². The van der Waals surface area contributed by atoms with Gasteiger partial charge in [-0.15, -0.1) is 0 Å². The number of benzene rings is 1. The molecule has 1 atom stereocenters. The molecule has 24 heavy (non-hydrogen) atoms. The SMILES string of the molecule is COc1ccc(CC2=CC=C(C(=O)O)CC2(C)C(=O)O)c(OC)c1. The van der Waals surface area contributed by atoms with Crippen molar-refractivity contribution < 1.29 is 29.3 Å². The minimum atomic E-state index is -1.27. The molecular weight excluding hydrogens is 312 g/mol. The minimum absolute atomic E-state index is 0.0536. The molecule has 1 aromatic rings. The number of methoxy groups -OCH3 is 2. The lowest BCUT2D eigenvalue weighted by atomic mass is 9.71. The van der Waals surface area contributed by atoms with Gasteiger partial charge >= 0.3 is 11.9 Å². The highest BCUT2D eigenvalue weighted by molar-refractivity contribution is 5.90. The first-order chi connectivity index (χ1) is 11.3. The topological polar surface area (TPSA) is 93.1 Å². The van der Waals surface area contributed by atoms with E-state index in [4.69, 9.17) is 14.6 Å². The number of carbonyl (C=O) groups is 2. The van der Waals surface area contributed by atoms with Crippen LogP contribution in [-0.4, -0.2) is 36.4 Å². The van der Waals surface area contributed by atoms with Gasteiger partial charge in [-0.1, -0.05) is 18.2 Å². The van der Waals surface area contributed by atoms with E-state index < -0.39 is 17.4 Å². The zero-order valence-electron chi connectivity index (χ0n) is 13.8. The van der Waals surface area contributed by atoms with Crippen LogP contribution in [0.4, 0.5) is 0 Å². The Morgan fingerprint density at radius 1 is 1.17 bits per heavy atom. The summed E-state index contributed by atoms with van der Waals surface area (Å²) in [7, 11) is 3.09. The van der Waals surface area contributed by atoms with Crippen LogP contribution < -0.4 is 9.47 Å². The Labute approximate surface area is 140 Å². The standard InChI is InChI=1S/C18H20O6/c1-18(17(21)22)10-12(16(19)20)4-6-13(18)8-11-5-7-14(23-2)9-15(11)24-3/h4-7,9H,8,10H2,1-3H3,(H,19,20)(H,21,22). The maximum Gasteiger partial charge on any atom is 0.331 e. The molecule has 0 aliphatic heterocycles. The lowest BCUT2D eigenvalue weighted by Crippen LogP contribution is -2.34. The highest BCUT2D eigenvalue weighted by Gasteiger charge is 2.41. The van der Waals surface area contributed by atoms with Crippen molar-refractivity contribution in [1.29, 1.82) is 0 Å². The summed E-state index contributed by atoms with van der Waals surface area (Å²) in [5, 5.41) is 18.8. The fourth-order valence-corrected chi connectivity index (χ4v) is 2.76. The molecule has 128 valence electrons. The van der Waals surface area contributed by atoms with Crippen molar-refractivity contribution in [3.05, 3.63) is 47.1 Å². The van der Waals surface area contributed by atoms with Crippen LogP contribution in [0, 0.1) is 5.41 Å². The van der Waals surface area contributed by atoms with Crippen LogP contribution in [-0.2, 0) is 16.0 Å². The molecule has 1 aliphatic rings. The molecule has 0 saturated carbocycles. The molecule has 0 heterocycles. The zero-order chi connectivity index (χ0) is 17.9. The smallest absolute Gasteiger partial charge is 0.331 e. The van der Waals surface area contributed by atoms with Crippen molar-refractivity contribution in [3.63, 3.8) is 0 Å². The van der Waals surface area contributed by atoms with Crippen LogP contribution >= 0.6 is 0 Å². The monoisotopic (exact) mass is 332 g/mol. The number of ether oxygens (including phenoxy) is 2. The first-order valence-corrected chi connectivity index (χ1v) is 7.39. The molecular formula is C18H20O6. The van der Waals surface area contributed by atoms with Gasteiger partial charge in [0, 0.05) is 11.6 Å². The number of carboxylic acids is 2. The first-order valence-electron chi connectivity index (χ1n) is 7.39. The third-order valence-electron chi connectivity index (χ3n) is 4.36. The maximum absolute atomic E-state index is 11.8. The molecule has 0 radical (unpaired) electrons. The fourth-order valence-electron chi connectivity index (χ4n) is 2.76. The quantitative estimate of drug-likeness (QED) is 0.832. The minimum Gasteiger partial charge on any atom is -0.497 e. The van der Waals surface area contributed by atoms with Gasteiger partial charge in [0.2, 0.25) is 0 Å². The second kappa shape index (κ2) is 6.78. The summed E-state index contributed by atoms with van der Waals surface area (Å²) in [5.74, 6) is -0.911. The second-order valence-electron chi connectivity index (χ2n) is 5.86. The molecule has 1 aliphatic carbocycles. The average molecular weight is 332 g/mol. The Hall–Kier alpha value is -2.76. The molecule has 6 heteroatoms. The zero-order valence-corrected chi connectivity index (χ0v) is 13.8. The van der Waals surface area contributed by atoms with Crippen molar-refractivity contribution in [1.82, 2.24) is 0 Å². The molecule has 0 fully saturated rings. The lowest BCUT2D eigenvalue weighted by Gasteiger charge is -2.31. The first kappa shape index (κ1) is 17.6. The Morgan fingerprint density at radius 2 is 1.88 bits per heavy atom. The van der Waals surface area contributed by atoms with Gasteiger partial charge in [0.25, 0.3) is 0 Å². The van der Waals surface area contributed by atoms with Crippen molar-refractivity contribution in [2.24, 2.45) is 5.41 Å². The summed E-state index contributed by atoms with van der Waals surface area (Å²) in [6.45, 7) is 1.55. The molecule has 0 saturated heterocycles. The van der Waals surface area contributed by atoms with Gasteiger partial charge in [-0.2, -0.15) is 0 Å². The number of aliphatic carboxylic acids is 2. The number of rotatable bonds is 6. The van der Waals surface area contributed by atoms with Crippen molar-refractivity contribution >= 4 is 11.9 Å². The maximum atomic E-state index is 11.8. The van der Waals surface area contributed by atoms with E-state index in [1.165, 1.54) is 13.2 Å². The third kappa shape index (κ3) is 3.27. The highest BCUT2D eigenvalue weighted by atomic mass is 16.5. The molecule has 0 spiro atoms. The Morgan fingerprint density at radius 3 is 2.42 bits per heavy atom. The van der Waals surface area contributed by atoms with Gasteiger partial charge in [0.05, 0.1) is 19.6 Å². The summed E-state index contributed by atoms with van der Waals surface area (Å²) in [6, 6.07) is 5.32. The summed E-state index contributed by atoms with van der Waals surface area (Å²) in [6.07, 6.45) is 3.35. The molecule has 0 bridgehead atoms. The van der Waals surface area contributed by atoms with E-state index in [2.05, 4.69) is 0 Å². The van der Waals surface area contributed by atoms with E-state index in [0.29, 0.717) is 23.5 Å². The molecule has 6 nitrogen and oxygen atoms in total. The van der Waals surface area contributed by atoms with Gasteiger partial charge in [-0.3, -0.25) is 4.79 Å². The van der Waals surface area contributed by atoms with E-state index in [-0.39, 0.29) is 12.0 Å². The number of allylic oxidation sites excluding steroid dienone is 2. The third-order valence-corrected chi connectivity index (χ3v) is 4.36. The lowest BCUT2D eigenvalue weighted by molar-refractivity contribution is -0.146. The summed E-state index contributed by atoms with van der Waals surface area (Å²) in [4.78, 5) is 23.0. The largest absolute Gasteiger partial charge is 0.497 e. The van der Waals surface area contributed by atoms with Crippen molar-refractivity contribution in [3.8, 4) is 11.5 Å². The Balaban J connectivity index is 2.42. The summed E-state index contributed by atoms with van der Waals surface area (Å²) in [5.41, 5.74) is 0.256. The van der Waals surface area contributed by atoms with Gasteiger partial charge in [-0.25, -0.2) is 4.79 Å². The highest BCUT2D eigenvalue weighted by Crippen LogP contribution is 2.41. The molecule has 1 unspecified atom stereocenters. The van der Waals surface area contributed by atoms with Crippen molar-refractivity contribution in [2.45, 2.75) is 19.8 Å². The second-order valence-corrected chi connectivity index (χ2v) is 5.86. The average Bonchev–Trinajstić information content (AvgIpc) is 2.56. The fraction of sp³-hybridized carbons (Fsp3) is 0.333. The van der Waals surface area contributed by atoms with E-state index in [1.807, 2.05) is 6.07 Å². The predicted octanol–water partition coefficient (Wildman–Crippen LogP) is 2.68. The molecule has 0 aromatic heterocycles. The van der Waals surface area contributed by atoms with E-state index in [0.717, 1.165) is 5.56 Å². The van der Waals surface area contributed by atoms with Crippen LogP contribution in [0.15, 0.2) is 41.5 Å². The molecule has 0 amide bonds. The van der Waals surface area contributed by atoms with E-state index in [9.17, 15) is 14.7 Å². The van der Waals surface area contributed by atoms with Crippen molar-refractivity contribution in [2.75, 3.05) is 14.2 Å². The normalized spacial score (nSPS) is 20.0. The predicted molar refractivity (Wildman–Crippen MR) is 87.4 cm³/mol. The van der Waals surface area contributed by atoms with E-state index in [1.54, 1.807) is 32.2 Å². The van der Waals surface area contributed by atoms with Crippen LogP contribution in [0.1, 0.15) is 18.9 Å². The van der Waals surface area contributed by atoms with Crippen LogP contribution in [0.5, 0.6) is 11.5 Å². The number of hydrogen-bond donors (Lipinski definition) is 2. The van der Waals surface area contributed by atoms with Gasteiger partial charge < -0.3 is 19.7 Å². The van der Waals surface area contributed by atoms with Gasteiger partial charge in [-0.05, 0) is 37.0 Å². The Bertz CT molecular complexity index is 731. The Kier molecular flexibility index (Phi) is 4.97. The number of hydrogen-bond acceptors (Lipinski definition) is 4. The van der Waals surface area contributed by atoms with Crippen LogP contribution in [0.2, 0.25) is 0 Å². The van der Waals surface area contributed by atoms with Gasteiger partial charge in [0.1, 0.15) is 11.5 Å². The summed E-state index contributed by atoms with van der Waals surface area (Å²) < 4.78 is 10.5. The van der Waals surface area contributed by atoms with E-state index >= 15 is 0 Å². The van der Waals surface area contributed by atoms with Crippen LogP contribution in [0.25, 0.3) is 0 Å². The summed E-state index contributed by atoms with van der Waals surface area (Å²) >= 11 is 0. The number of carboxylic acid groups (broad SMARTS) is 2. The molecule has 2 N–H and O–H groups in total. The molecule has 1 aromatic carbocycles.